The van der Waals surface area contributed by atoms with E-state index in [1.165, 1.54) is 12.1 Å². The summed E-state index contributed by atoms with van der Waals surface area (Å²) < 4.78 is 28.9. The highest BCUT2D eigenvalue weighted by molar-refractivity contribution is 5.30. The van der Waals surface area contributed by atoms with Crippen molar-refractivity contribution >= 4 is 0 Å². The van der Waals surface area contributed by atoms with Gasteiger partial charge < -0.3 is 19.9 Å². The summed E-state index contributed by atoms with van der Waals surface area (Å²) in [6.07, 6.45) is 0.623. The summed E-state index contributed by atoms with van der Waals surface area (Å²) in [6, 6.07) is 4.64. The molecule has 0 heterocycles. The predicted molar refractivity (Wildman–Crippen MR) is 71.9 cm³/mol. The standard InChI is InChI=1S/C14H22FNO3/c1-11(16)7-12-8-13(15)10-14(9-12)19-6-5-18-4-3-17-2/h8-11H,3-7,16H2,1-2H3. The Balaban J connectivity index is 2.38. The van der Waals surface area contributed by atoms with Crippen molar-refractivity contribution in [1.29, 1.82) is 0 Å². The third kappa shape index (κ3) is 7.10. The molecular formula is C14H22FNO3. The fraction of sp³-hybridized carbons (Fsp3) is 0.571. The van der Waals surface area contributed by atoms with Gasteiger partial charge in [-0.3, -0.25) is 0 Å². The fourth-order valence-electron chi connectivity index (χ4n) is 1.66. The molecule has 0 aliphatic heterocycles. The molecule has 0 bridgehead atoms. The molecule has 1 rings (SSSR count). The van der Waals surface area contributed by atoms with E-state index in [0.29, 0.717) is 38.6 Å². The lowest BCUT2D eigenvalue weighted by atomic mass is 10.1. The van der Waals surface area contributed by atoms with E-state index in [-0.39, 0.29) is 11.9 Å². The first-order chi connectivity index (χ1) is 9.11. The molecule has 0 aromatic heterocycles. The van der Waals surface area contributed by atoms with Crippen molar-refractivity contribution in [2.24, 2.45) is 5.73 Å². The van der Waals surface area contributed by atoms with E-state index in [1.807, 2.05) is 13.0 Å². The Morgan fingerprint density at radius 1 is 1.16 bits per heavy atom. The van der Waals surface area contributed by atoms with Gasteiger partial charge in [0.05, 0.1) is 19.8 Å². The van der Waals surface area contributed by atoms with Gasteiger partial charge in [-0.05, 0) is 31.0 Å². The van der Waals surface area contributed by atoms with E-state index in [2.05, 4.69) is 0 Å². The highest BCUT2D eigenvalue weighted by Crippen LogP contribution is 2.17. The zero-order chi connectivity index (χ0) is 14.1. The van der Waals surface area contributed by atoms with Crippen LogP contribution >= 0.6 is 0 Å². The molecule has 1 aromatic carbocycles. The van der Waals surface area contributed by atoms with Crippen LogP contribution < -0.4 is 10.5 Å². The molecule has 1 atom stereocenters. The maximum atomic E-state index is 13.4. The molecule has 108 valence electrons. The second kappa shape index (κ2) is 8.85. The van der Waals surface area contributed by atoms with Crippen molar-refractivity contribution in [2.75, 3.05) is 33.5 Å². The number of halogens is 1. The molecule has 4 nitrogen and oxygen atoms in total. The molecule has 0 aliphatic rings. The van der Waals surface area contributed by atoms with E-state index in [0.717, 1.165) is 5.56 Å². The quantitative estimate of drug-likeness (QED) is 0.695. The smallest absolute Gasteiger partial charge is 0.127 e. The van der Waals surface area contributed by atoms with Crippen molar-refractivity contribution in [3.8, 4) is 5.75 Å². The monoisotopic (exact) mass is 271 g/mol. The predicted octanol–water partition coefficient (Wildman–Crippen LogP) is 1.76. The van der Waals surface area contributed by atoms with E-state index < -0.39 is 0 Å². The molecule has 1 unspecified atom stereocenters. The van der Waals surface area contributed by atoms with Gasteiger partial charge in [-0.1, -0.05) is 0 Å². The Hall–Kier alpha value is -1.17. The van der Waals surface area contributed by atoms with Crippen LogP contribution in [0.3, 0.4) is 0 Å². The number of nitrogens with two attached hydrogens (primary N) is 1. The average molecular weight is 271 g/mol. The highest BCUT2D eigenvalue weighted by atomic mass is 19.1. The molecule has 0 saturated carbocycles. The molecule has 0 aliphatic carbocycles. The molecule has 1 aromatic rings. The summed E-state index contributed by atoms with van der Waals surface area (Å²) in [7, 11) is 1.62. The number of benzene rings is 1. The molecule has 0 saturated heterocycles. The molecule has 19 heavy (non-hydrogen) atoms. The summed E-state index contributed by atoms with van der Waals surface area (Å²) in [5.74, 6) is 0.194. The largest absolute Gasteiger partial charge is 0.491 e. The minimum atomic E-state index is -0.312. The van der Waals surface area contributed by atoms with Crippen LogP contribution in [0.1, 0.15) is 12.5 Å². The first kappa shape index (κ1) is 15.9. The third-order valence-electron chi connectivity index (χ3n) is 2.42. The first-order valence-electron chi connectivity index (χ1n) is 6.36. The summed E-state index contributed by atoms with van der Waals surface area (Å²) in [5.41, 5.74) is 6.54. The Labute approximate surface area is 113 Å². The normalized spacial score (nSPS) is 12.4. The number of hydrogen-bond acceptors (Lipinski definition) is 4. The second-order valence-corrected chi connectivity index (χ2v) is 4.43. The maximum Gasteiger partial charge on any atom is 0.127 e. The molecule has 5 heteroatoms. The molecule has 0 amide bonds. The van der Waals surface area contributed by atoms with Crippen molar-refractivity contribution < 1.29 is 18.6 Å². The minimum absolute atomic E-state index is 0.00738. The minimum Gasteiger partial charge on any atom is -0.491 e. The molecule has 0 fully saturated rings. The van der Waals surface area contributed by atoms with Crippen LogP contribution in [0, 0.1) is 5.82 Å². The number of ether oxygens (including phenoxy) is 3. The van der Waals surface area contributed by atoms with Crippen molar-refractivity contribution in [3.63, 3.8) is 0 Å². The van der Waals surface area contributed by atoms with Crippen LogP contribution in [0.2, 0.25) is 0 Å². The van der Waals surface area contributed by atoms with Gasteiger partial charge in [-0.15, -0.1) is 0 Å². The highest BCUT2D eigenvalue weighted by Gasteiger charge is 2.04. The second-order valence-electron chi connectivity index (χ2n) is 4.43. The van der Waals surface area contributed by atoms with Gasteiger partial charge in [0, 0.05) is 19.2 Å². The summed E-state index contributed by atoms with van der Waals surface area (Å²) >= 11 is 0. The number of rotatable bonds is 9. The lowest BCUT2D eigenvalue weighted by molar-refractivity contribution is 0.0543. The zero-order valence-electron chi connectivity index (χ0n) is 11.5. The Morgan fingerprint density at radius 3 is 2.58 bits per heavy atom. The van der Waals surface area contributed by atoms with E-state index >= 15 is 0 Å². The van der Waals surface area contributed by atoms with Crippen molar-refractivity contribution in [3.05, 3.63) is 29.6 Å². The average Bonchev–Trinajstić information content (AvgIpc) is 2.32. The van der Waals surface area contributed by atoms with Crippen LogP contribution in [0.5, 0.6) is 5.75 Å². The van der Waals surface area contributed by atoms with Gasteiger partial charge in [-0.2, -0.15) is 0 Å². The fourth-order valence-corrected chi connectivity index (χ4v) is 1.66. The van der Waals surface area contributed by atoms with Gasteiger partial charge in [0.2, 0.25) is 0 Å². The molecule has 0 radical (unpaired) electrons. The van der Waals surface area contributed by atoms with Gasteiger partial charge in [0.25, 0.3) is 0 Å². The Morgan fingerprint density at radius 2 is 1.89 bits per heavy atom. The number of hydrogen-bond donors (Lipinski definition) is 1. The van der Waals surface area contributed by atoms with Crippen molar-refractivity contribution in [2.45, 2.75) is 19.4 Å². The zero-order valence-corrected chi connectivity index (χ0v) is 11.5. The van der Waals surface area contributed by atoms with Crippen LogP contribution in [-0.2, 0) is 15.9 Å². The van der Waals surface area contributed by atoms with Crippen LogP contribution in [0.15, 0.2) is 18.2 Å². The molecular weight excluding hydrogens is 249 g/mol. The summed E-state index contributed by atoms with van der Waals surface area (Å²) in [5, 5.41) is 0. The van der Waals surface area contributed by atoms with Gasteiger partial charge in [0.15, 0.2) is 0 Å². The van der Waals surface area contributed by atoms with E-state index in [1.54, 1.807) is 7.11 Å². The van der Waals surface area contributed by atoms with Gasteiger partial charge >= 0.3 is 0 Å². The van der Waals surface area contributed by atoms with E-state index in [9.17, 15) is 4.39 Å². The summed E-state index contributed by atoms with van der Waals surface area (Å²) in [4.78, 5) is 0. The maximum absolute atomic E-state index is 13.4. The van der Waals surface area contributed by atoms with Gasteiger partial charge in [0.1, 0.15) is 18.2 Å². The topological polar surface area (TPSA) is 53.7 Å². The van der Waals surface area contributed by atoms with Crippen LogP contribution in [0.25, 0.3) is 0 Å². The lowest BCUT2D eigenvalue weighted by Crippen LogP contribution is -2.18. The lowest BCUT2D eigenvalue weighted by Gasteiger charge is -2.10. The first-order valence-corrected chi connectivity index (χ1v) is 6.36. The van der Waals surface area contributed by atoms with Crippen LogP contribution in [0.4, 0.5) is 4.39 Å². The van der Waals surface area contributed by atoms with Crippen LogP contribution in [-0.4, -0.2) is 39.6 Å². The third-order valence-corrected chi connectivity index (χ3v) is 2.42. The number of methoxy groups -OCH3 is 1. The Bertz CT molecular complexity index is 372. The van der Waals surface area contributed by atoms with Crippen molar-refractivity contribution in [1.82, 2.24) is 0 Å². The van der Waals surface area contributed by atoms with Gasteiger partial charge in [-0.25, -0.2) is 4.39 Å². The molecule has 2 N–H and O–H groups in total. The SMILES string of the molecule is COCCOCCOc1cc(F)cc(CC(C)N)c1. The molecule has 0 spiro atoms. The van der Waals surface area contributed by atoms with E-state index in [4.69, 9.17) is 19.9 Å². The Kier molecular flexibility index (Phi) is 7.40. The summed E-state index contributed by atoms with van der Waals surface area (Å²) in [6.45, 7) is 3.79.